The fraction of sp³-hybridized carbons (Fsp3) is 0.400. The number of amides is 1. The first-order valence-electron chi connectivity index (χ1n) is 7.39. The Hall–Kier alpha value is -2.22. The Morgan fingerprint density at radius 2 is 2.09 bits per heavy atom. The summed E-state index contributed by atoms with van der Waals surface area (Å²) in [6.45, 7) is 1.78. The molecule has 0 spiro atoms. The fourth-order valence-corrected chi connectivity index (χ4v) is 4.36. The molecule has 23 heavy (non-hydrogen) atoms. The Bertz CT molecular complexity index is 815. The van der Waals surface area contributed by atoms with Crippen LogP contribution in [0.5, 0.6) is 0 Å². The van der Waals surface area contributed by atoms with Gasteiger partial charge in [-0.2, -0.15) is 5.10 Å². The molecule has 0 bridgehead atoms. The average Bonchev–Trinajstić information content (AvgIpc) is 3.02. The lowest BCUT2D eigenvalue weighted by atomic mass is 10.2. The highest BCUT2D eigenvalue weighted by Crippen LogP contribution is 2.17. The molecule has 1 saturated heterocycles. The van der Waals surface area contributed by atoms with E-state index in [4.69, 9.17) is 0 Å². The van der Waals surface area contributed by atoms with E-state index in [1.807, 2.05) is 30.3 Å². The minimum absolute atomic E-state index is 0.0146. The molecule has 1 aliphatic rings. The molecule has 1 aromatic heterocycles. The van der Waals surface area contributed by atoms with Gasteiger partial charge >= 0.3 is 0 Å². The van der Waals surface area contributed by atoms with Crippen LogP contribution in [0.3, 0.4) is 0 Å². The molecule has 1 aliphatic heterocycles. The molecule has 1 atom stereocenters. The maximum atomic E-state index is 12.2. The minimum Gasteiger partial charge on any atom is -0.351 e. The van der Waals surface area contributed by atoms with E-state index >= 15 is 0 Å². The maximum absolute atomic E-state index is 12.2. The smallest absolute Gasteiger partial charge is 0.242 e. The van der Waals surface area contributed by atoms with Gasteiger partial charge in [-0.1, -0.05) is 30.3 Å². The zero-order valence-electron chi connectivity index (χ0n) is 12.8. The topological polar surface area (TPSA) is 94.0 Å². The molecule has 1 amide bonds. The summed E-state index contributed by atoms with van der Waals surface area (Å²) in [5, 5.41) is 7.02. The van der Waals surface area contributed by atoms with Crippen molar-refractivity contribution in [3.8, 4) is 11.4 Å². The van der Waals surface area contributed by atoms with Crippen molar-refractivity contribution in [3.05, 3.63) is 36.2 Å². The van der Waals surface area contributed by atoms with Crippen LogP contribution in [0.4, 0.5) is 0 Å². The van der Waals surface area contributed by atoms with Gasteiger partial charge in [-0.15, -0.1) is 0 Å². The van der Waals surface area contributed by atoms with Crippen molar-refractivity contribution in [1.82, 2.24) is 20.1 Å². The molecule has 2 aromatic rings. The summed E-state index contributed by atoms with van der Waals surface area (Å²) in [4.78, 5) is 16.5. The van der Waals surface area contributed by atoms with Crippen LogP contribution in [0.25, 0.3) is 11.4 Å². The Balaban J connectivity index is 1.72. The van der Waals surface area contributed by atoms with E-state index in [0.29, 0.717) is 18.1 Å². The third-order valence-corrected chi connectivity index (χ3v) is 5.47. The highest BCUT2D eigenvalue weighted by molar-refractivity contribution is 7.91. The first kappa shape index (κ1) is 15.7. The Morgan fingerprint density at radius 3 is 2.74 bits per heavy atom. The highest BCUT2D eigenvalue weighted by Gasteiger charge is 2.29. The number of benzene rings is 1. The summed E-state index contributed by atoms with van der Waals surface area (Å²) < 4.78 is 24.4. The van der Waals surface area contributed by atoms with E-state index in [9.17, 15) is 13.2 Å². The average molecular weight is 334 g/mol. The van der Waals surface area contributed by atoms with Crippen molar-refractivity contribution < 1.29 is 13.2 Å². The largest absolute Gasteiger partial charge is 0.351 e. The molecular weight excluding hydrogens is 316 g/mol. The lowest BCUT2D eigenvalue weighted by Gasteiger charge is -2.11. The summed E-state index contributed by atoms with van der Waals surface area (Å²) in [6.07, 6.45) is 0.468. The SMILES string of the molecule is Cc1nc(-c2ccccc2)n(CC(=O)NC2CCS(=O)(=O)C2)n1. The van der Waals surface area contributed by atoms with E-state index in [1.54, 1.807) is 11.6 Å². The Kier molecular flexibility index (Phi) is 4.16. The lowest BCUT2D eigenvalue weighted by molar-refractivity contribution is -0.122. The second-order valence-electron chi connectivity index (χ2n) is 5.67. The predicted octanol–water partition coefficient (Wildman–Crippen LogP) is 0.557. The van der Waals surface area contributed by atoms with Crippen molar-refractivity contribution >= 4 is 15.7 Å². The van der Waals surface area contributed by atoms with Crippen LogP contribution < -0.4 is 5.32 Å². The maximum Gasteiger partial charge on any atom is 0.242 e. The fourth-order valence-electron chi connectivity index (χ4n) is 2.68. The number of carbonyl (C=O) groups excluding carboxylic acids is 1. The van der Waals surface area contributed by atoms with Crippen LogP contribution in [0.2, 0.25) is 0 Å². The summed E-state index contributed by atoms with van der Waals surface area (Å²) in [6, 6.07) is 9.20. The van der Waals surface area contributed by atoms with Crippen LogP contribution >= 0.6 is 0 Å². The zero-order valence-corrected chi connectivity index (χ0v) is 13.6. The molecule has 7 nitrogen and oxygen atoms in total. The van der Waals surface area contributed by atoms with Gasteiger partial charge in [0, 0.05) is 11.6 Å². The van der Waals surface area contributed by atoms with E-state index in [1.165, 1.54) is 0 Å². The molecule has 2 heterocycles. The minimum atomic E-state index is -3.01. The molecule has 8 heteroatoms. The van der Waals surface area contributed by atoms with Crippen molar-refractivity contribution in [2.75, 3.05) is 11.5 Å². The lowest BCUT2D eigenvalue weighted by Crippen LogP contribution is -2.38. The molecule has 1 aromatic carbocycles. The number of rotatable bonds is 4. The molecule has 1 N–H and O–H groups in total. The molecule has 1 fully saturated rings. The summed E-state index contributed by atoms with van der Waals surface area (Å²) in [5.74, 6) is 1.10. The number of hydrogen-bond donors (Lipinski definition) is 1. The third-order valence-electron chi connectivity index (χ3n) is 3.70. The molecule has 1 unspecified atom stereocenters. The van der Waals surface area contributed by atoms with Gasteiger partial charge in [0.1, 0.15) is 12.4 Å². The molecule has 0 saturated carbocycles. The summed E-state index contributed by atoms with van der Waals surface area (Å²) in [5.41, 5.74) is 0.879. The van der Waals surface area contributed by atoms with Crippen molar-refractivity contribution in [1.29, 1.82) is 0 Å². The van der Waals surface area contributed by atoms with Gasteiger partial charge in [0.15, 0.2) is 15.7 Å². The Labute approximate surface area is 134 Å². The number of sulfone groups is 1. The van der Waals surface area contributed by atoms with Crippen LogP contribution in [-0.4, -0.2) is 46.6 Å². The predicted molar refractivity (Wildman–Crippen MR) is 85.4 cm³/mol. The van der Waals surface area contributed by atoms with Crippen molar-refractivity contribution in [2.45, 2.75) is 25.9 Å². The first-order chi connectivity index (χ1) is 10.9. The molecule has 3 rings (SSSR count). The van der Waals surface area contributed by atoms with Gasteiger partial charge in [-0.05, 0) is 13.3 Å². The normalized spacial score (nSPS) is 19.6. The van der Waals surface area contributed by atoms with Gasteiger partial charge in [-0.3, -0.25) is 4.79 Å². The van der Waals surface area contributed by atoms with E-state index < -0.39 is 9.84 Å². The van der Waals surface area contributed by atoms with Gasteiger partial charge < -0.3 is 5.32 Å². The van der Waals surface area contributed by atoms with Crippen LogP contribution in [-0.2, 0) is 21.2 Å². The quantitative estimate of drug-likeness (QED) is 0.881. The van der Waals surface area contributed by atoms with E-state index in [-0.39, 0.29) is 30.0 Å². The Morgan fingerprint density at radius 1 is 1.35 bits per heavy atom. The van der Waals surface area contributed by atoms with Crippen molar-refractivity contribution in [3.63, 3.8) is 0 Å². The molecule has 122 valence electrons. The van der Waals surface area contributed by atoms with Crippen molar-refractivity contribution in [2.24, 2.45) is 0 Å². The van der Waals surface area contributed by atoms with Gasteiger partial charge in [0.05, 0.1) is 11.5 Å². The number of nitrogens with one attached hydrogen (secondary N) is 1. The van der Waals surface area contributed by atoms with E-state index in [0.717, 1.165) is 5.56 Å². The number of carbonyl (C=O) groups is 1. The third kappa shape index (κ3) is 3.76. The van der Waals surface area contributed by atoms with Gasteiger partial charge in [-0.25, -0.2) is 18.1 Å². The highest BCUT2D eigenvalue weighted by atomic mass is 32.2. The first-order valence-corrected chi connectivity index (χ1v) is 9.22. The molecular formula is C15H18N4O3S. The van der Waals surface area contributed by atoms with Crippen LogP contribution in [0.1, 0.15) is 12.2 Å². The summed E-state index contributed by atoms with van der Waals surface area (Å²) in [7, 11) is -3.01. The van der Waals surface area contributed by atoms with Gasteiger partial charge in [0.25, 0.3) is 0 Å². The number of aryl methyl sites for hydroxylation is 1. The van der Waals surface area contributed by atoms with Crippen LogP contribution in [0, 0.1) is 6.92 Å². The standard InChI is InChI=1S/C15H18N4O3S/c1-11-16-15(12-5-3-2-4-6-12)19(18-11)9-14(20)17-13-7-8-23(21,22)10-13/h2-6,13H,7-10H2,1H3,(H,17,20). The second-order valence-corrected chi connectivity index (χ2v) is 7.90. The number of hydrogen-bond acceptors (Lipinski definition) is 5. The monoisotopic (exact) mass is 334 g/mol. The number of nitrogens with zero attached hydrogens (tertiary/aromatic N) is 3. The molecule has 0 radical (unpaired) electrons. The summed E-state index contributed by atoms with van der Waals surface area (Å²) >= 11 is 0. The van der Waals surface area contributed by atoms with Crippen LogP contribution in [0.15, 0.2) is 30.3 Å². The van der Waals surface area contributed by atoms with E-state index in [2.05, 4.69) is 15.4 Å². The number of aromatic nitrogens is 3. The molecule has 0 aliphatic carbocycles. The van der Waals surface area contributed by atoms with Gasteiger partial charge in [0.2, 0.25) is 5.91 Å². The second kappa shape index (κ2) is 6.11. The zero-order chi connectivity index (χ0) is 16.4.